The minimum atomic E-state index is -0.467. The summed E-state index contributed by atoms with van der Waals surface area (Å²) < 4.78 is 15.9. The summed E-state index contributed by atoms with van der Waals surface area (Å²) in [4.78, 5) is 14.0. The Morgan fingerprint density at radius 2 is 1.96 bits per heavy atom. The lowest BCUT2D eigenvalue weighted by Crippen LogP contribution is -2.36. The second-order valence-corrected chi connectivity index (χ2v) is 7.02. The predicted molar refractivity (Wildman–Crippen MR) is 94.1 cm³/mol. The standard InChI is InChI=1S/C18H28N2O4/c1-18(2,3)24-17(21)19-11-13-8-9-20(12-13)14-6-7-15(22-4)16(10-14)23-5/h6-7,10,13H,8-9,11-12H2,1-5H3,(H,19,21). The van der Waals surface area contributed by atoms with Crippen molar-refractivity contribution in [2.75, 3.05) is 38.8 Å². The Hall–Kier alpha value is -2.11. The molecule has 1 atom stereocenters. The first-order valence-electron chi connectivity index (χ1n) is 8.26. The molecular weight excluding hydrogens is 308 g/mol. The van der Waals surface area contributed by atoms with E-state index in [4.69, 9.17) is 14.2 Å². The van der Waals surface area contributed by atoms with E-state index in [1.807, 2.05) is 39.0 Å². The molecule has 0 aromatic heterocycles. The Balaban J connectivity index is 1.88. The van der Waals surface area contributed by atoms with E-state index in [2.05, 4.69) is 10.2 Å². The SMILES string of the molecule is COc1ccc(N2CCC(CNC(=O)OC(C)(C)C)C2)cc1OC. The highest BCUT2D eigenvalue weighted by atomic mass is 16.6. The number of benzene rings is 1. The largest absolute Gasteiger partial charge is 0.493 e. The van der Waals surface area contributed by atoms with Gasteiger partial charge in [0.15, 0.2) is 11.5 Å². The monoisotopic (exact) mass is 336 g/mol. The van der Waals surface area contributed by atoms with E-state index in [1.165, 1.54) is 0 Å². The van der Waals surface area contributed by atoms with Crippen LogP contribution < -0.4 is 19.7 Å². The molecule has 1 saturated heterocycles. The van der Waals surface area contributed by atoms with Crippen LogP contribution in [0.4, 0.5) is 10.5 Å². The molecule has 0 saturated carbocycles. The fraction of sp³-hybridized carbons (Fsp3) is 0.611. The Morgan fingerprint density at radius 3 is 2.58 bits per heavy atom. The zero-order chi connectivity index (χ0) is 17.7. The van der Waals surface area contributed by atoms with Crippen LogP contribution in [-0.2, 0) is 4.74 Å². The normalized spacial score (nSPS) is 17.5. The maximum Gasteiger partial charge on any atom is 0.407 e. The molecule has 1 N–H and O–H groups in total. The summed E-state index contributed by atoms with van der Waals surface area (Å²) in [6.07, 6.45) is 0.677. The molecule has 24 heavy (non-hydrogen) atoms. The number of ether oxygens (including phenoxy) is 3. The Bertz CT molecular complexity index is 569. The number of hydrogen-bond donors (Lipinski definition) is 1. The second-order valence-electron chi connectivity index (χ2n) is 7.02. The van der Waals surface area contributed by atoms with Gasteiger partial charge in [0.25, 0.3) is 0 Å². The van der Waals surface area contributed by atoms with Crippen molar-refractivity contribution in [3.63, 3.8) is 0 Å². The van der Waals surface area contributed by atoms with Crippen molar-refractivity contribution in [3.05, 3.63) is 18.2 Å². The number of methoxy groups -OCH3 is 2. The first kappa shape index (κ1) is 18.2. The molecule has 1 unspecified atom stereocenters. The molecule has 0 aliphatic carbocycles. The number of anilines is 1. The van der Waals surface area contributed by atoms with Gasteiger partial charge in [-0.05, 0) is 45.2 Å². The number of alkyl carbamates (subject to hydrolysis) is 1. The zero-order valence-electron chi connectivity index (χ0n) is 15.2. The highest BCUT2D eigenvalue weighted by Crippen LogP contribution is 2.33. The summed E-state index contributed by atoms with van der Waals surface area (Å²) in [5, 5.41) is 2.86. The topological polar surface area (TPSA) is 60.0 Å². The molecular formula is C18H28N2O4. The highest BCUT2D eigenvalue weighted by molar-refractivity contribution is 5.67. The van der Waals surface area contributed by atoms with Gasteiger partial charge in [0.2, 0.25) is 0 Å². The number of rotatable bonds is 5. The van der Waals surface area contributed by atoms with E-state index in [0.717, 1.165) is 36.7 Å². The lowest BCUT2D eigenvalue weighted by Gasteiger charge is -2.22. The summed E-state index contributed by atoms with van der Waals surface area (Å²) in [7, 11) is 3.27. The van der Waals surface area contributed by atoms with Gasteiger partial charge in [-0.2, -0.15) is 0 Å². The third-order valence-electron chi connectivity index (χ3n) is 3.95. The van der Waals surface area contributed by atoms with Crippen molar-refractivity contribution in [1.29, 1.82) is 0 Å². The third-order valence-corrected chi connectivity index (χ3v) is 3.95. The summed E-state index contributed by atoms with van der Waals surface area (Å²) in [5.74, 6) is 1.86. The zero-order valence-corrected chi connectivity index (χ0v) is 15.2. The smallest absolute Gasteiger partial charge is 0.407 e. The molecule has 1 aliphatic heterocycles. The van der Waals surface area contributed by atoms with E-state index in [0.29, 0.717) is 12.5 Å². The first-order valence-corrected chi connectivity index (χ1v) is 8.26. The summed E-state index contributed by atoms with van der Waals surface area (Å²) in [6, 6.07) is 5.94. The summed E-state index contributed by atoms with van der Waals surface area (Å²) in [6.45, 7) is 8.06. The molecule has 2 rings (SSSR count). The van der Waals surface area contributed by atoms with Gasteiger partial charge < -0.3 is 24.4 Å². The molecule has 1 aromatic carbocycles. The average Bonchev–Trinajstić information content (AvgIpc) is 2.99. The molecule has 0 radical (unpaired) electrons. The van der Waals surface area contributed by atoms with Crippen LogP contribution in [-0.4, -0.2) is 45.5 Å². The Morgan fingerprint density at radius 1 is 1.25 bits per heavy atom. The van der Waals surface area contributed by atoms with Gasteiger partial charge in [0, 0.05) is 31.4 Å². The number of hydrogen-bond acceptors (Lipinski definition) is 5. The maximum atomic E-state index is 11.7. The van der Waals surface area contributed by atoms with E-state index in [9.17, 15) is 4.79 Å². The van der Waals surface area contributed by atoms with Gasteiger partial charge in [-0.3, -0.25) is 0 Å². The van der Waals surface area contributed by atoms with Gasteiger partial charge in [-0.1, -0.05) is 0 Å². The van der Waals surface area contributed by atoms with Crippen molar-refractivity contribution in [3.8, 4) is 11.5 Å². The quantitative estimate of drug-likeness (QED) is 0.895. The van der Waals surface area contributed by atoms with Crippen LogP contribution in [0, 0.1) is 5.92 Å². The fourth-order valence-corrected chi connectivity index (χ4v) is 2.80. The fourth-order valence-electron chi connectivity index (χ4n) is 2.80. The van der Waals surface area contributed by atoms with Crippen molar-refractivity contribution in [2.24, 2.45) is 5.92 Å². The number of nitrogens with one attached hydrogen (secondary N) is 1. The first-order chi connectivity index (χ1) is 11.3. The lowest BCUT2D eigenvalue weighted by molar-refractivity contribution is 0.0520. The van der Waals surface area contributed by atoms with Crippen molar-refractivity contribution in [2.45, 2.75) is 32.8 Å². The minimum absolute atomic E-state index is 0.355. The molecule has 6 nitrogen and oxygen atoms in total. The summed E-state index contributed by atoms with van der Waals surface area (Å²) >= 11 is 0. The van der Waals surface area contributed by atoms with Crippen LogP contribution >= 0.6 is 0 Å². The van der Waals surface area contributed by atoms with Gasteiger partial charge >= 0.3 is 6.09 Å². The molecule has 1 fully saturated rings. The van der Waals surface area contributed by atoms with Gasteiger partial charge in [-0.15, -0.1) is 0 Å². The molecule has 0 spiro atoms. The number of carbonyl (C=O) groups is 1. The van der Waals surface area contributed by atoms with Crippen LogP contribution in [0.15, 0.2) is 18.2 Å². The van der Waals surface area contributed by atoms with Gasteiger partial charge in [-0.25, -0.2) is 4.79 Å². The maximum absolute atomic E-state index is 11.7. The molecule has 1 aromatic rings. The van der Waals surface area contributed by atoms with E-state index >= 15 is 0 Å². The van der Waals surface area contributed by atoms with Crippen LogP contribution in [0.2, 0.25) is 0 Å². The molecule has 6 heteroatoms. The third kappa shape index (κ3) is 4.94. The number of amides is 1. The van der Waals surface area contributed by atoms with Crippen LogP contribution in [0.1, 0.15) is 27.2 Å². The van der Waals surface area contributed by atoms with Gasteiger partial charge in [0.05, 0.1) is 14.2 Å². The van der Waals surface area contributed by atoms with Crippen molar-refractivity contribution < 1.29 is 19.0 Å². The van der Waals surface area contributed by atoms with Crippen LogP contribution in [0.3, 0.4) is 0 Å². The Labute approximate surface area is 144 Å². The Kier molecular flexibility index (Phi) is 5.80. The highest BCUT2D eigenvalue weighted by Gasteiger charge is 2.25. The molecule has 1 aliphatic rings. The van der Waals surface area contributed by atoms with Gasteiger partial charge in [0.1, 0.15) is 5.60 Å². The minimum Gasteiger partial charge on any atom is -0.493 e. The van der Waals surface area contributed by atoms with E-state index in [1.54, 1.807) is 14.2 Å². The van der Waals surface area contributed by atoms with E-state index in [-0.39, 0.29) is 6.09 Å². The predicted octanol–water partition coefficient (Wildman–Crippen LogP) is 3.05. The second kappa shape index (κ2) is 7.64. The molecule has 134 valence electrons. The summed E-state index contributed by atoms with van der Waals surface area (Å²) in [5.41, 5.74) is 0.637. The molecule has 0 bridgehead atoms. The van der Waals surface area contributed by atoms with Crippen molar-refractivity contribution in [1.82, 2.24) is 5.32 Å². The molecule has 1 heterocycles. The van der Waals surface area contributed by atoms with Crippen LogP contribution in [0.5, 0.6) is 11.5 Å². The molecule has 1 amide bonds. The number of carbonyl (C=O) groups excluding carboxylic acids is 1. The van der Waals surface area contributed by atoms with E-state index < -0.39 is 5.60 Å². The number of nitrogens with zero attached hydrogens (tertiary/aromatic N) is 1. The average molecular weight is 336 g/mol. The van der Waals surface area contributed by atoms with Crippen LogP contribution in [0.25, 0.3) is 0 Å². The lowest BCUT2D eigenvalue weighted by atomic mass is 10.1. The van der Waals surface area contributed by atoms with Crippen molar-refractivity contribution >= 4 is 11.8 Å².